The number of hydrogen-bond acceptors (Lipinski definition) is 3. The van der Waals surface area contributed by atoms with Crippen molar-refractivity contribution in [1.82, 2.24) is 9.03 Å². The van der Waals surface area contributed by atoms with Gasteiger partial charge in [0.1, 0.15) is 0 Å². The van der Waals surface area contributed by atoms with Gasteiger partial charge in [-0.3, -0.25) is 0 Å². The van der Waals surface area contributed by atoms with E-state index in [9.17, 15) is 8.42 Å². The first-order valence-corrected chi connectivity index (χ1v) is 7.10. The summed E-state index contributed by atoms with van der Waals surface area (Å²) in [5.74, 6) is 0.417. The lowest BCUT2D eigenvalue weighted by Crippen LogP contribution is -2.48. The average molecular weight is 288 g/mol. The van der Waals surface area contributed by atoms with Crippen molar-refractivity contribution in [3.8, 4) is 0 Å². The molecule has 0 heterocycles. The summed E-state index contributed by atoms with van der Waals surface area (Å²) >= 11 is 0. The molecule has 3 N–H and O–H groups in total. The first kappa shape index (κ1) is 19.5. The molecule has 0 aromatic heterocycles. The van der Waals surface area contributed by atoms with Gasteiger partial charge >= 0.3 is 0 Å². The lowest BCUT2D eigenvalue weighted by atomic mass is 10.1. The van der Waals surface area contributed by atoms with Gasteiger partial charge in [0.2, 0.25) is 0 Å². The number of nitrogens with two attached hydrogens (primary N) is 1. The fraction of sp³-hybridized carbons (Fsp3) is 1.00. The second-order valence-corrected chi connectivity index (χ2v) is 6.56. The van der Waals surface area contributed by atoms with Gasteiger partial charge in [-0.15, -0.1) is 12.4 Å². The summed E-state index contributed by atoms with van der Waals surface area (Å²) in [5.41, 5.74) is 5.56. The number of nitrogens with zero attached hydrogens (tertiary/aromatic N) is 1. The van der Waals surface area contributed by atoms with Crippen LogP contribution in [-0.4, -0.2) is 38.4 Å². The van der Waals surface area contributed by atoms with E-state index in [4.69, 9.17) is 5.73 Å². The first-order chi connectivity index (χ1) is 7.20. The van der Waals surface area contributed by atoms with Crippen molar-refractivity contribution in [2.45, 2.75) is 46.2 Å². The molecule has 106 valence electrons. The summed E-state index contributed by atoms with van der Waals surface area (Å²) in [5, 5.41) is 0. The van der Waals surface area contributed by atoms with Crippen LogP contribution in [0.2, 0.25) is 0 Å². The third-order valence-electron chi connectivity index (χ3n) is 2.46. The van der Waals surface area contributed by atoms with Crippen molar-refractivity contribution in [1.29, 1.82) is 0 Å². The Balaban J connectivity index is 0. The number of nitrogens with one attached hydrogen (secondary N) is 1. The van der Waals surface area contributed by atoms with Crippen LogP contribution in [0.1, 0.15) is 34.1 Å². The smallest absolute Gasteiger partial charge is 0.279 e. The van der Waals surface area contributed by atoms with Crippen LogP contribution >= 0.6 is 12.4 Å². The number of halogens is 1. The molecule has 0 aliphatic carbocycles. The van der Waals surface area contributed by atoms with E-state index in [0.29, 0.717) is 12.5 Å². The molecule has 0 saturated carbocycles. The number of hydrogen-bond donors (Lipinski definition) is 2. The molecule has 1 unspecified atom stereocenters. The topological polar surface area (TPSA) is 75.4 Å². The highest BCUT2D eigenvalue weighted by atomic mass is 35.5. The van der Waals surface area contributed by atoms with Crippen LogP contribution in [0.15, 0.2) is 0 Å². The molecule has 0 fully saturated rings. The summed E-state index contributed by atoms with van der Waals surface area (Å²) in [6, 6.07) is -0.249. The maximum atomic E-state index is 11.9. The molecule has 1 atom stereocenters. The Morgan fingerprint density at radius 2 is 1.71 bits per heavy atom. The van der Waals surface area contributed by atoms with Gasteiger partial charge in [-0.1, -0.05) is 13.8 Å². The van der Waals surface area contributed by atoms with Crippen molar-refractivity contribution in [3.05, 3.63) is 0 Å². The molecule has 0 rings (SSSR count). The largest absolute Gasteiger partial charge is 0.329 e. The van der Waals surface area contributed by atoms with Crippen molar-refractivity contribution in [2.75, 3.05) is 13.6 Å². The van der Waals surface area contributed by atoms with E-state index in [0.717, 1.165) is 6.42 Å². The Bertz CT molecular complexity index is 294. The zero-order valence-electron chi connectivity index (χ0n) is 11.3. The normalized spacial score (nSPS) is 14.2. The third-order valence-corrected chi connectivity index (χ3v) is 4.27. The SMILES string of the molecule is CC(C)CC(CN)NS(=O)(=O)N(C)C(C)C.Cl. The van der Waals surface area contributed by atoms with Crippen molar-refractivity contribution < 1.29 is 8.42 Å². The third kappa shape index (κ3) is 7.21. The van der Waals surface area contributed by atoms with Gasteiger partial charge < -0.3 is 5.73 Å². The van der Waals surface area contributed by atoms with E-state index in [1.165, 1.54) is 4.31 Å². The summed E-state index contributed by atoms with van der Waals surface area (Å²) in [7, 11) is -1.85. The van der Waals surface area contributed by atoms with E-state index in [1.807, 2.05) is 27.7 Å². The van der Waals surface area contributed by atoms with Crippen LogP contribution in [0.3, 0.4) is 0 Å². The number of rotatable bonds is 7. The highest BCUT2D eigenvalue weighted by molar-refractivity contribution is 7.87. The highest BCUT2D eigenvalue weighted by Gasteiger charge is 2.23. The van der Waals surface area contributed by atoms with Gasteiger partial charge in [0.05, 0.1) is 0 Å². The molecule has 0 aliphatic heterocycles. The maximum Gasteiger partial charge on any atom is 0.279 e. The van der Waals surface area contributed by atoms with Crippen LogP contribution in [0, 0.1) is 5.92 Å². The lowest BCUT2D eigenvalue weighted by molar-refractivity contribution is 0.386. The second-order valence-electron chi connectivity index (χ2n) is 4.80. The molecule has 5 nitrogen and oxygen atoms in total. The van der Waals surface area contributed by atoms with Gasteiger partial charge in [-0.25, -0.2) is 0 Å². The molecule has 0 spiro atoms. The molecule has 7 heteroatoms. The van der Waals surface area contributed by atoms with E-state index < -0.39 is 10.2 Å². The molecule has 0 bridgehead atoms. The fourth-order valence-electron chi connectivity index (χ4n) is 1.33. The Morgan fingerprint density at radius 3 is 2.00 bits per heavy atom. The predicted octanol–water partition coefficient (Wildman–Crippen LogP) is 0.956. The Morgan fingerprint density at radius 1 is 1.24 bits per heavy atom. The zero-order valence-corrected chi connectivity index (χ0v) is 12.9. The van der Waals surface area contributed by atoms with Crippen LogP contribution in [0.25, 0.3) is 0 Å². The van der Waals surface area contributed by atoms with Gasteiger partial charge in [0, 0.05) is 25.7 Å². The molecular formula is C10H26ClN3O2S. The molecule has 0 radical (unpaired) electrons. The molecule has 0 aromatic rings. The minimum Gasteiger partial charge on any atom is -0.329 e. The van der Waals surface area contributed by atoms with E-state index >= 15 is 0 Å². The van der Waals surface area contributed by atoms with Crippen molar-refractivity contribution >= 4 is 22.6 Å². The van der Waals surface area contributed by atoms with Gasteiger partial charge in [0.15, 0.2) is 0 Å². The maximum absolute atomic E-state index is 11.9. The predicted molar refractivity (Wildman–Crippen MR) is 74.5 cm³/mol. The summed E-state index contributed by atoms with van der Waals surface area (Å²) in [4.78, 5) is 0. The molecule has 0 aromatic carbocycles. The lowest BCUT2D eigenvalue weighted by Gasteiger charge is -2.25. The standard InChI is InChI=1S/C10H25N3O2S.ClH/c1-8(2)6-10(7-11)12-16(14,15)13(5)9(3)4;/h8-10,12H,6-7,11H2,1-5H3;1H. The van der Waals surface area contributed by atoms with Gasteiger partial charge in [-0.2, -0.15) is 17.4 Å². The zero-order chi connectivity index (χ0) is 12.9. The van der Waals surface area contributed by atoms with Gasteiger partial charge in [0.25, 0.3) is 10.2 Å². The Hall–Kier alpha value is 0.120. The highest BCUT2D eigenvalue weighted by Crippen LogP contribution is 2.07. The summed E-state index contributed by atoms with van der Waals surface area (Å²) in [6.07, 6.45) is 0.752. The van der Waals surface area contributed by atoms with Crippen molar-refractivity contribution in [3.63, 3.8) is 0 Å². The quantitative estimate of drug-likeness (QED) is 0.732. The summed E-state index contributed by atoms with van der Waals surface area (Å²) < 4.78 is 27.7. The van der Waals surface area contributed by atoms with Crippen LogP contribution < -0.4 is 10.5 Å². The van der Waals surface area contributed by atoms with Crippen LogP contribution in [0.5, 0.6) is 0 Å². The average Bonchev–Trinajstić information content (AvgIpc) is 2.14. The minimum absolute atomic E-state index is 0. The fourth-order valence-corrected chi connectivity index (χ4v) is 2.67. The minimum atomic E-state index is -3.41. The molecule has 0 amide bonds. The molecule has 0 aliphatic rings. The first-order valence-electron chi connectivity index (χ1n) is 5.66. The second kappa shape index (κ2) is 8.26. The van der Waals surface area contributed by atoms with E-state index in [-0.39, 0.29) is 24.5 Å². The molecule has 17 heavy (non-hydrogen) atoms. The van der Waals surface area contributed by atoms with E-state index in [1.54, 1.807) is 7.05 Å². The van der Waals surface area contributed by atoms with Crippen LogP contribution in [0.4, 0.5) is 0 Å². The Kier molecular flexibility index (Phi) is 9.46. The van der Waals surface area contributed by atoms with Crippen LogP contribution in [-0.2, 0) is 10.2 Å². The van der Waals surface area contributed by atoms with Gasteiger partial charge in [-0.05, 0) is 26.2 Å². The van der Waals surface area contributed by atoms with Crippen molar-refractivity contribution in [2.24, 2.45) is 11.7 Å². The molecule has 0 saturated heterocycles. The Labute approximate surface area is 112 Å². The molecular weight excluding hydrogens is 262 g/mol. The monoisotopic (exact) mass is 287 g/mol. The van der Waals surface area contributed by atoms with E-state index in [2.05, 4.69) is 4.72 Å². The summed E-state index contributed by atoms with van der Waals surface area (Å²) in [6.45, 7) is 8.08.